The molecule has 0 fully saturated rings. The standard InChI is InChI=1S/C14H19N3O2S/c1-14(2,3)19-12(18)9-20-13-10(8-15)17-7-5-4-6-11(17)16-13/h4-7H,8-9,15H2,1-3H3. The van der Waals surface area contributed by atoms with E-state index < -0.39 is 5.60 Å². The monoisotopic (exact) mass is 293 g/mol. The molecule has 20 heavy (non-hydrogen) atoms. The molecular weight excluding hydrogens is 274 g/mol. The van der Waals surface area contributed by atoms with Gasteiger partial charge in [-0.2, -0.15) is 0 Å². The fourth-order valence-corrected chi connectivity index (χ4v) is 2.64. The van der Waals surface area contributed by atoms with Crippen LogP contribution >= 0.6 is 11.8 Å². The van der Waals surface area contributed by atoms with Gasteiger partial charge in [-0.25, -0.2) is 4.98 Å². The number of aromatic nitrogens is 2. The van der Waals surface area contributed by atoms with E-state index in [2.05, 4.69) is 4.98 Å². The number of ether oxygens (including phenoxy) is 1. The van der Waals surface area contributed by atoms with Crippen molar-refractivity contribution in [3.63, 3.8) is 0 Å². The first-order valence-corrected chi connectivity index (χ1v) is 7.40. The van der Waals surface area contributed by atoms with Crippen molar-refractivity contribution in [2.75, 3.05) is 5.75 Å². The Kier molecular flexibility index (Phi) is 4.35. The summed E-state index contributed by atoms with van der Waals surface area (Å²) >= 11 is 1.36. The number of nitrogens with two attached hydrogens (primary N) is 1. The molecule has 0 aliphatic heterocycles. The van der Waals surface area contributed by atoms with Gasteiger partial charge in [0, 0.05) is 12.7 Å². The molecule has 0 aliphatic carbocycles. The fourth-order valence-electron chi connectivity index (χ4n) is 1.82. The number of carbonyl (C=O) groups excluding carboxylic acids is 1. The second-order valence-corrected chi connectivity index (χ2v) is 6.34. The van der Waals surface area contributed by atoms with Crippen LogP contribution in [0.3, 0.4) is 0 Å². The highest BCUT2D eigenvalue weighted by Gasteiger charge is 2.18. The van der Waals surface area contributed by atoms with Crippen molar-refractivity contribution in [1.29, 1.82) is 0 Å². The summed E-state index contributed by atoms with van der Waals surface area (Å²) in [5.41, 5.74) is 7.06. The Morgan fingerprint density at radius 1 is 1.45 bits per heavy atom. The summed E-state index contributed by atoms with van der Waals surface area (Å²) < 4.78 is 7.22. The van der Waals surface area contributed by atoms with E-state index in [0.29, 0.717) is 6.54 Å². The number of carbonyl (C=O) groups is 1. The lowest BCUT2D eigenvalue weighted by molar-refractivity contribution is -0.151. The van der Waals surface area contributed by atoms with Crippen molar-refractivity contribution in [1.82, 2.24) is 9.38 Å². The lowest BCUT2D eigenvalue weighted by Crippen LogP contribution is -2.24. The van der Waals surface area contributed by atoms with E-state index in [-0.39, 0.29) is 11.7 Å². The Hall–Kier alpha value is -1.53. The van der Waals surface area contributed by atoms with Crippen molar-refractivity contribution in [3.8, 4) is 0 Å². The number of rotatable bonds is 4. The third kappa shape index (κ3) is 3.52. The molecule has 108 valence electrons. The lowest BCUT2D eigenvalue weighted by Gasteiger charge is -2.19. The SMILES string of the molecule is CC(C)(C)OC(=O)CSc1nc2ccccn2c1CN. The number of hydrogen-bond acceptors (Lipinski definition) is 5. The van der Waals surface area contributed by atoms with Crippen LogP contribution in [0.5, 0.6) is 0 Å². The van der Waals surface area contributed by atoms with Crippen molar-refractivity contribution >= 4 is 23.4 Å². The van der Waals surface area contributed by atoms with Gasteiger partial charge in [-0.1, -0.05) is 17.8 Å². The topological polar surface area (TPSA) is 69.6 Å². The van der Waals surface area contributed by atoms with Crippen molar-refractivity contribution < 1.29 is 9.53 Å². The first-order valence-electron chi connectivity index (χ1n) is 6.41. The lowest BCUT2D eigenvalue weighted by atomic mass is 10.2. The third-order valence-corrected chi connectivity index (χ3v) is 3.51. The molecule has 2 aromatic rings. The molecule has 0 unspecified atom stereocenters. The Morgan fingerprint density at radius 3 is 2.85 bits per heavy atom. The molecule has 0 bridgehead atoms. The number of imidazole rings is 1. The predicted molar refractivity (Wildman–Crippen MR) is 79.7 cm³/mol. The largest absolute Gasteiger partial charge is 0.459 e. The molecule has 0 spiro atoms. The van der Waals surface area contributed by atoms with Crippen LogP contribution in [0, 0.1) is 0 Å². The summed E-state index contributed by atoms with van der Waals surface area (Å²) in [7, 11) is 0. The molecular formula is C14H19N3O2S. The second kappa shape index (κ2) is 5.85. The number of nitrogens with zero attached hydrogens (tertiary/aromatic N) is 2. The molecule has 6 heteroatoms. The molecule has 5 nitrogen and oxygen atoms in total. The van der Waals surface area contributed by atoms with Gasteiger partial charge < -0.3 is 14.9 Å². The van der Waals surface area contributed by atoms with Gasteiger partial charge in [0.05, 0.1) is 11.4 Å². The number of hydrogen-bond donors (Lipinski definition) is 1. The van der Waals surface area contributed by atoms with Gasteiger partial charge >= 0.3 is 5.97 Å². The van der Waals surface area contributed by atoms with E-state index in [4.69, 9.17) is 10.5 Å². The maximum atomic E-state index is 11.7. The van der Waals surface area contributed by atoms with Crippen LogP contribution in [0.2, 0.25) is 0 Å². The van der Waals surface area contributed by atoms with E-state index in [1.54, 1.807) is 0 Å². The summed E-state index contributed by atoms with van der Waals surface area (Å²) in [5, 5.41) is 0.782. The Balaban J connectivity index is 2.12. The van der Waals surface area contributed by atoms with Crippen LogP contribution in [0.4, 0.5) is 0 Å². The van der Waals surface area contributed by atoms with Gasteiger partial charge in [0.15, 0.2) is 0 Å². The van der Waals surface area contributed by atoms with E-state index in [1.165, 1.54) is 11.8 Å². The van der Waals surface area contributed by atoms with Gasteiger partial charge in [-0.15, -0.1) is 0 Å². The van der Waals surface area contributed by atoms with E-state index >= 15 is 0 Å². The molecule has 0 atom stereocenters. The minimum atomic E-state index is -0.465. The highest BCUT2D eigenvalue weighted by molar-refractivity contribution is 7.99. The minimum Gasteiger partial charge on any atom is -0.459 e. The van der Waals surface area contributed by atoms with E-state index in [1.807, 2.05) is 49.6 Å². The summed E-state index contributed by atoms with van der Waals surface area (Å²) in [4.78, 5) is 16.2. The van der Waals surface area contributed by atoms with Crippen molar-refractivity contribution in [2.24, 2.45) is 5.73 Å². The van der Waals surface area contributed by atoms with Gasteiger partial charge in [-0.3, -0.25) is 4.79 Å². The average Bonchev–Trinajstić information content (AvgIpc) is 2.71. The third-order valence-electron chi connectivity index (χ3n) is 2.53. The first-order chi connectivity index (χ1) is 9.40. The molecule has 2 aromatic heterocycles. The molecule has 0 saturated heterocycles. The zero-order valence-corrected chi connectivity index (χ0v) is 12.7. The van der Waals surface area contributed by atoms with Crippen LogP contribution in [0.15, 0.2) is 29.4 Å². The molecule has 0 amide bonds. The number of pyridine rings is 1. The maximum Gasteiger partial charge on any atom is 0.316 e. The minimum absolute atomic E-state index is 0.230. The molecule has 0 aromatic carbocycles. The second-order valence-electron chi connectivity index (χ2n) is 5.37. The van der Waals surface area contributed by atoms with Crippen LogP contribution in [0.25, 0.3) is 5.65 Å². The average molecular weight is 293 g/mol. The molecule has 2 heterocycles. The number of thioether (sulfide) groups is 1. The highest BCUT2D eigenvalue weighted by atomic mass is 32.2. The van der Waals surface area contributed by atoms with Gasteiger partial charge in [0.1, 0.15) is 16.3 Å². The summed E-state index contributed by atoms with van der Waals surface area (Å²) in [6.07, 6.45) is 1.92. The van der Waals surface area contributed by atoms with Crippen LogP contribution in [-0.4, -0.2) is 26.7 Å². The van der Waals surface area contributed by atoms with Crippen LogP contribution in [0.1, 0.15) is 26.5 Å². The molecule has 2 N–H and O–H groups in total. The predicted octanol–water partition coefficient (Wildman–Crippen LogP) is 2.23. The number of esters is 1. The van der Waals surface area contributed by atoms with Crippen molar-refractivity contribution in [2.45, 2.75) is 37.9 Å². The van der Waals surface area contributed by atoms with Crippen LogP contribution in [-0.2, 0) is 16.1 Å². The molecule has 0 radical (unpaired) electrons. The van der Waals surface area contributed by atoms with E-state index in [0.717, 1.165) is 16.4 Å². The Labute approximate surface area is 122 Å². The summed E-state index contributed by atoms with van der Waals surface area (Å²) in [6, 6.07) is 5.76. The normalized spacial score (nSPS) is 11.8. The van der Waals surface area contributed by atoms with E-state index in [9.17, 15) is 4.79 Å². The zero-order valence-electron chi connectivity index (χ0n) is 11.9. The smallest absolute Gasteiger partial charge is 0.316 e. The fraction of sp³-hybridized carbons (Fsp3) is 0.429. The quantitative estimate of drug-likeness (QED) is 0.691. The molecule has 2 rings (SSSR count). The van der Waals surface area contributed by atoms with Crippen molar-refractivity contribution in [3.05, 3.63) is 30.1 Å². The molecule has 0 aliphatic rings. The van der Waals surface area contributed by atoms with Gasteiger partial charge in [0.25, 0.3) is 0 Å². The highest BCUT2D eigenvalue weighted by Crippen LogP contribution is 2.24. The Bertz CT molecular complexity index is 616. The zero-order chi connectivity index (χ0) is 14.8. The maximum absolute atomic E-state index is 11.7. The Morgan fingerprint density at radius 2 is 2.20 bits per heavy atom. The summed E-state index contributed by atoms with van der Waals surface area (Å²) in [5.74, 6) is -0.0174. The van der Waals surface area contributed by atoms with Gasteiger partial charge in [0.2, 0.25) is 0 Å². The first kappa shape index (κ1) is 14.9. The van der Waals surface area contributed by atoms with Gasteiger partial charge in [-0.05, 0) is 32.9 Å². The molecule has 0 saturated carbocycles. The summed E-state index contributed by atoms with van der Waals surface area (Å²) in [6.45, 7) is 5.94. The number of fused-ring (bicyclic) bond motifs is 1. The van der Waals surface area contributed by atoms with Crippen LogP contribution < -0.4 is 5.73 Å².